The van der Waals surface area contributed by atoms with Gasteiger partial charge in [0.25, 0.3) is 0 Å². The number of nitrogens with zero attached hydrogens (tertiary/aromatic N) is 2. The smallest absolute Gasteiger partial charge is 0.191 e. The van der Waals surface area contributed by atoms with Crippen molar-refractivity contribution in [1.82, 2.24) is 10.6 Å². The molecule has 6 heteroatoms. The topological polar surface area (TPSA) is 39.7 Å². The second-order valence-electron chi connectivity index (χ2n) is 5.55. The van der Waals surface area contributed by atoms with Crippen molar-refractivity contribution in [2.75, 3.05) is 26.0 Å². The predicted molar refractivity (Wildman–Crippen MR) is 99.2 cm³/mol. The Labute approximate surface area is 147 Å². The summed E-state index contributed by atoms with van der Waals surface area (Å²) in [6, 6.07) is 12.8. The molecule has 0 radical (unpaired) electrons. The lowest BCUT2D eigenvalue weighted by Gasteiger charge is -2.15. The van der Waals surface area contributed by atoms with Crippen molar-refractivity contribution in [3.05, 3.63) is 64.4 Å². The van der Waals surface area contributed by atoms with Gasteiger partial charge < -0.3 is 15.5 Å². The first-order chi connectivity index (χ1) is 11.5. The zero-order valence-electron chi connectivity index (χ0n) is 14.1. The van der Waals surface area contributed by atoms with Crippen LogP contribution in [0.25, 0.3) is 0 Å². The number of guanidine groups is 1. The van der Waals surface area contributed by atoms with Crippen LogP contribution in [0.5, 0.6) is 0 Å². The molecule has 0 fully saturated rings. The van der Waals surface area contributed by atoms with Gasteiger partial charge in [-0.15, -0.1) is 0 Å². The monoisotopic (exact) mass is 348 g/mol. The Bertz CT molecular complexity index is 716. The molecular weight excluding hydrogens is 327 g/mol. The lowest BCUT2D eigenvalue weighted by Crippen LogP contribution is -2.36. The first kappa shape index (κ1) is 18.1. The standard InChI is InChI=1S/C18H22ClFN4/c1-21-18(23-12-14-6-4-5-7-15(14)19)22-11-13-8-9-17(24(2)3)16(20)10-13/h4-10H,11-12H2,1-3H3,(H2,21,22,23). The molecule has 0 amide bonds. The second-order valence-corrected chi connectivity index (χ2v) is 5.96. The van der Waals surface area contributed by atoms with Crippen molar-refractivity contribution in [2.45, 2.75) is 13.1 Å². The van der Waals surface area contributed by atoms with Crippen molar-refractivity contribution < 1.29 is 4.39 Å². The molecule has 2 aromatic rings. The Balaban J connectivity index is 1.92. The van der Waals surface area contributed by atoms with Crippen LogP contribution < -0.4 is 15.5 Å². The van der Waals surface area contributed by atoms with Crippen LogP contribution in [0, 0.1) is 5.82 Å². The third-order valence-electron chi connectivity index (χ3n) is 3.58. The number of hydrogen-bond acceptors (Lipinski definition) is 2. The summed E-state index contributed by atoms with van der Waals surface area (Å²) < 4.78 is 14.0. The lowest BCUT2D eigenvalue weighted by atomic mass is 10.2. The molecule has 0 spiro atoms. The minimum Gasteiger partial charge on any atom is -0.375 e. The summed E-state index contributed by atoms with van der Waals surface area (Å²) in [6.45, 7) is 1.04. The third kappa shape index (κ3) is 4.86. The molecular formula is C18H22ClFN4. The van der Waals surface area contributed by atoms with E-state index in [9.17, 15) is 4.39 Å². The molecule has 0 saturated heterocycles. The number of aliphatic imine (C=N–C) groups is 1. The minimum atomic E-state index is -0.238. The van der Waals surface area contributed by atoms with E-state index in [2.05, 4.69) is 15.6 Å². The third-order valence-corrected chi connectivity index (χ3v) is 3.95. The van der Waals surface area contributed by atoms with Gasteiger partial charge in [-0.1, -0.05) is 35.9 Å². The highest BCUT2D eigenvalue weighted by Gasteiger charge is 2.06. The fourth-order valence-electron chi connectivity index (χ4n) is 2.25. The molecule has 4 nitrogen and oxygen atoms in total. The maximum Gasteiger partial charge on any atom is 0.191 e. The highest BCUT2D eigenvalue weighted by atomic mass is 35.5. The summed E-state index contributed by atoms with van der Waals surface area (Å²) in [4.78, 5) is 5.91. The van der Waals surface area contributed by atoms with E-state index in [1.807, 2.05) is 44.4 Å². The zero-order valence-corrected chi connectivity index (χ0v) is 14.9. The molecule has 0 bridgehead atoms. The van der Waals surface area contributed by atoms with Gasteiger partial charge >= 0.3 is 0 Å². The molecule has 2 rings (SSSR count). The number of nitrogens with one attached hydrogen (secondary N) is 2. The van der Waals surface area contributed by atoms with Gasteiger partial charge in [0.15, 0.2) is 5.96 Å². The van der Waals surface area contributed by atoms with Gasteiger partial charge in [-0.25, -0.2) is 4.39 Å². The Morgan fingerprint density at radius 1 is 1.12 bits per heavy atom. The van der Waals surface area contributed by atoms with E-state index in [1.165, 1.54) is 6.07 Å². The van der Waals surface area contributed by atoms with Crippen LogP contribution in [0.1, 0.15) is 11.1 Å². The highest BCUT2D eigenvalue weighted by molar-refractivity contribution is 6.31. The number of hydrogen-bond donors (Lipinski definition) is 2. The molecule has 0 aromatic heterocycles. The molecule has 0 saturated carbocycles. The average molecular weight is 349 g/mol. The van der Waals surface area contributed by atoms with Gasteiger partial charge in [0.05, 0.1) is 5.69 Å². The first-order valence-electron chi connectivity index (χ1n) is 7.65. The van der Waals surface area contributed by atoms with Gasteiger partial charge in [-0.05, 0) is 29.3 Å². The van der Waals surface area contributed by atoms with E-state index in [4.69, 9.17) is 11.6 Å². The Morgan fingerprint density at radius 3 is 2.46 bits per heavy atom. The van der Waals surface area contributed by atoms with Crippen LogP contribution in [0.15, 0.2) is 47.5 Å². The van der Waals surface area contributed by atoms with Crippen molar-refractivity contribution >= 4 is 23.2 Å². The van der Waals surface area contributed by atoms with Crippen LogP contribution in [0.2, 0.25) is 5.02 Å². The predicted octanol–water partition coefficient (Wildman–Crippen LogP) is 3.41. The molecule has 24 heavy (non-hydrogen) atoms. The Hall–Kier alpha value is -2.27. The summed E-state index contributed by atoms with van der Waals surface area (Å²) >= 11 is 6.14. The zero-order chi connectivity index (χ0) is 17.5. The van der Waals surface area contributed by atoms with E-state index >= 15 is 0 Å². The molecule has 0 aliphatic rings. The number of benzene rings is 2. The van der Waals surface area contributed by atoms with Gasteiger partial charge in [0.2, 0.25) is 0 Å². The van der Waals surface area contributed by atoms with Crippen LogP contribution in [0.3, 0.4) is 0 Å². The average Bonchev–Trinajstić information content (AvgIpc) is 2.56. The minimum absolute atomic E-state index is 0.238. The van der Waals surface area contributed by atoms with E-state index in [-0.39, 0.29) is 5.82 Å². The molecule has 0 aliphatic carbocycles. The van der Waals surface area contributed by atoms with E-state index in [0.29, 0.717) is 29.8 Å². The van der Waals surface area contributed by atoms with Gasteiger partial charge in [-0.3, -0.25) is 4.99 Å². The molecule has 2 N–H and O–H groups in total. The molecule has 0 heterocycles. The summed E-state index contributed by atoms with van der Waals surface area (Å²) in [5.41, 5.74) is 2.40. The molecule has 0 unspecified atom stereocenters. The SMILES string of the molecule is CN=C(NCc1ccc(N(C)C)c(F)c1)NCc1ccccc1Cl. The maximum absolute atomic E-state index is 14.0. The van der Waals surface area contributed by atoms with Crippen molar-refractivity contribution in [3.63, 3.8) is 0 Å². The van der Waals surface area contributed by atoms with Crippen LogP contribution in [0.4, 0.5) is 10.1 Å². The van der Waals surface area contributed by atoms with Gasteiger partial charge in [0.1, 0.15) is 5.82 Å². The normalized spacial score (nSPS) is 11.3. The van der Waals surface area contributed by atoms with Crippen LogP contribution >= 0.6 is 11.6 Å². The first-order valence-corrected chi connectivity index (χ1v) is 8.02. The van der Waals surface area contributed by atoms with Crippen LogP contribution in [-0.4, -0.2) is 27.1 Å². The molecule has 2 aromatic carbocycles. The fraction of sp³-hybridized carbons (Fsp3) is 0.278. The maximum atomic E-state index is 14.0. The largest absolute Gasteiger partial charge is 0.375 e. The number of halogens is 2. The van der Waals surface area contributed by atoms with E-state index in [0.717, 1.165) is 11.1 Å². The summed E-state index contributed by atoms with van der Waals surface area (Å²) in [7, 11) is 5.32. The van der Waals surface area contributed by atoms with E-state index < -0.39 is 0 Å². The van der Waals surface area contributed by atoms with E-state index in [1.54, 1.807) is 18.0 Å². The number of rotatable bonds is 5. The lowest BCUT2D eigenvalue weighted by molar-refractivity contribution is 0.623. The summed E-state index contributed by atoms with van der Waals surface area (Å²) in [6.07, 6.45) is 0. The van der Waals surface area contributed by atoms with Gasteiger partial charge in [0, 0.05) is 39.3 Å². The summed E-state index contributed by atoms with van der Waals surface area (Å²) in [5, 5.41) is 7.07. The summed E-state index contributed by atoms with van der Waals surface area (Å²) in [5.74, 6) is 0.394. The van der Waals surface area contributed by atoms with Crippen LogP contribution in [-0.2, 0) is 13.1 Å². The van der Waals surface area contributed by atoms with Gasteiger partial charge in [-0.2, -0.15) is 0 Å². The van der Waals surface area contributed by atoms with Crippen molar-refractivity contribution in [1.29, 1.82) is 0 Å². The Morgan fingerprint density at radius 2 is 1.83 bits per heavy atom. The number of anilines is 1. The molecule has 128 valence electrons. The molecule has 0 atom stereocenters. The van der Waals surface area contributed by atoms with Crippen molar-refractivity contribution in [3.8, 4) is 0 Å². The fourth-order valence-corrected chi connectivity index (χ4v) is 2.45. The second kappa shape index (κ2) is 8.55. The quantitative estimate of drug-likeness (QED) is 0.642. The Kier molecular flexibility index (Phi) is 6.44. The van der Waals surface area contributed by atoms with Crippen molar-refractivity contribution in [2.24, 2.45) is 4.99 Å². The molecule has 0 aliphatic heterocycles. The highest BCUT2D eigenvalue weighted by Crippen LogP contribution is 2.18.